The molecular weight excluding hydrogens is 374 g/mol. The Bertz CT molecular complexity index is 471. The standard InChI is InChI=1S/C26H47NO3/c1-3-5-7-8-9-10-11-12-13-14-15-16-17-18-20-21-25(29)24(23-28)27-26(30)22-19-6-4-2/h11-12,15-16,20-21,24-25,28-29H,3-10,13-14,17-19,22-23H2,1-2H3,(H,27,30)/b12-11+,16-15+,21-20+. The number of amides is 1. The lowest BCUT2D eigenvalue weighted by atomic mass is 10.1. The van der Waals surface area contributed by atoms with Crippen LogP contribution in [0.5, 0.6) is 0 Å². The molecule has 0 fully saturated rings. The topological polar surface area (TPSA) is 69.6 Å². The predicted molar refractivity (Wildman–Crippen MR) is 128 cm³/mol. The van der Waals surface area contributed by atoms with Gasteiger partial charge in [0.05, 0.1) is 18.8 Å². The van der Waals surface area contributed by atoms with Gasteiger partial charge in [0.2, 0.25) is 5.91 Å². The molecule has 0 aromatic rings. The van der Waals surface area contributed by atoms with Crippen LogP contribution >= 0.6 is 0 Å². The highest BCUT2D eigenvalue weighted by Gasteiger charge is 2.17. The van der Waals surface area contributed by atoms with Gasteiger partial charge in [-0.25, -0.2) is 0 Å². The molecule has 1 amide bonds. The summed E-state index contributed by atoms with van der Waals surface area (Å²) in [5.74, 6) is -0.108. The van der Waals surface area contributed by atoms with Crippen molar-refractivity contribution in [3.05, 3.63) is 36.5 Å². The van der Waals surface area contributed by atoms with Crippen LogP contribution in [0.2, 0.25) is 0 Å². The van der Waals surface area contributed by atoms with Crippen LogP contribution < -0.4 is 5.32 Å². The first-order valence-corrected chi connectivity index (χ1v) is 12.2. The summed E-state index contributed by atoms with van der Waals surface area (Å²) in [5, 5.41) is 22.3. The molecule has 2 unspecified atom stereocenters. The molecule has 0 bridgehead atoms. The fourth-order valence-electron chi connectivity index (χ4n) is 3.15. The van der Waals surface area contributed by atoms with Crippen LogP contribution in [-0.2, 0) is 4.79 Å². The van der Waals surface area contributed by atoms with Crippen LogP contribution in [0.1, 0.15) is 104 Å². The number of rotatable bonds is 20. The van der Waals surface area contributed by atoms with E-state index in [1.807, 2.05) is 6.08 Å². The van der Waals surface area contributed by atoms with Crippen LogP contribution in [-0.4, -0.2) is 34.9 Å². The number of allylic oxidation sites excluding steroid dienone is 5. The summed E-state index contributed by atoms with van der Waals surface area (Å²) in [6.45, 7) is 4.07. The molecule has 0 radical (unpaired) electrons. The van der Waals surface area contributed by atoms with Crippen LogP contribution in [0.15, 0.2) is 36.5 Å². The number of carbonyl (C=O) groups is 1. The maximum absolute atomic E-state index is 11.8. The predicted octanol–water partition coefficient (Wildman–Crippen LogP) is 5.99. The largest absolute Gasteiger partial charge is 0.394 e. The summed E-state index contributed by atoms with van der Waals surface area (Å²) < 4.78 is 0. The molecule has 0 aliphatic rings. The zero-order valence-electron chi connectivity index (χ0n) is 19.5. The highest BCUT2D eigenvalue weighted by Crippen LogP contribution is 2.06. The van der Waals surface area contributed by atoms with E-state index in [-0.39, 0.29) is 12.5 Å². The normalized spacial score (nSPS) is 14.1. The average Bonchev–Trinajstić information content (AvgIpc) is 2.74. The van der Waals surface area contributed by atoms with Crippen molar-refractivity contribution >= 4 is 5.91 Å². The molecule has 0 aliphatic heterocycles. The molecule has 0 spiro atoms. The molecule has 3 N–H and O–H groups in total. The van der Waals surface area contributed by atoms with E-state index in [1.54, 1.807) is 6.08 Å². The van der Waals surface area contributed by atoms with Crippen molar-refractivity contribution in [3.8, 4) is 0 Å². The van der Waals surface area contributed by atoms with Crippen molar-refractivity contribution in [2.75, 3.05) is 6.61 Å². The highest BCUT2D eigenvalue weighted by molar-refractivity contribution is 5.76. The minimum Gasteiger partial charge on any atom is -0.394 e. The summed E-state index contributed by atoms with van der Waals surface area (Å²) in [4.78, 5) is 11.8. The Morgan fingerprint density at radius 3 is 1.90 bits per heavy atom. The van der Waals surface area contributed by atoms with Gasteiger partial charge in [-0.2, -0.15) is 0 Å². The van der Waals surface area contributed by atoms with E-state index in [0.717, 1.165) is 44.9 Å². The zero-order chi connectivity index (χ0) is 22.3. The first kappa shape index (κ1) is 28.6. The third-order valence-corrected chi connectivity index (χ3v) is 5.10. The Morgan fingerprint density at radius 2 is 1.30 bits per heavy atom. The quantitative estimate of drug-likeness (QED) is 0.167. The average molecular weight is 422 g/mol. The maximum Gasteiger partial charge on any atom is 0.220 e. The van der Waals surface area contributed by atoms with Crippen molar-refractivity contribution in [2.45, 2.75) is 116 Å². The molecule has 0 rings (SSSR count). The van der Waals surface area contributed by atoms with Crippen molar-refractivity contribution in [2.24, 2.45) is 0 Å². The summed E-state index contributed by atoms with van der Waals surface area (Å²) in [5.41, 5.74) is 0. The molecule has 0 aromatic carbocycles. The van der Waals surface area contributed by atoms with Gasteiger partial charge in [-0.3, -0.25) is 4.79 Å². The van der Waals surface area contributed by atoms with Crippen LogP contribution in [0.4, 0.5) is 0 Å². The van der Waals surface area contributed by atoms with E-state index < -0.39 is 12.1 Å². The Labute approximate surface area is 185 Å². The third kappa shape index (κ3) is 18.6. The fraction of sp³-hybridized carbons (Fsp3) is 0.731. The van der Waals surface area contributed by atoms with Gasteiger partial charge in [-0.15, -0.1) is 0 Å². The number of aliphatic hydroxyl groups is 2. The van der Waals surface area contributed by atoms with E-state index in [0.29, 0.717) is 6.42 Å². The molecule has 0 saturated heterocycles. The van der Waals surface area contributed by atoms with E-state index in [2.05, 4.69) is 43.5 Å². The SMILES string of the molecule is CCCCCCC/C=C/CC/C=C/CC/C=C/C(O)C(CO)NC(=O)CCCCC. The van der Waals surface area contributed by atoms with Gasteiger partial charge in [0.15, 0.2) is 0 Å². The Balaban J connectivity index is 3.80. The lowest BCUT2D eigenvalue weighted by molar-refractivity contribution is -0.123. The second kappa shape index (κ2) is 22.3. The smallest absolute Gasteiger partial charge is 0.220 e. The molecule has 2 atom stereocenters. The molecular formula is C26H47NO3. The summed E-state index contributed by atoms with van der Waals surface area (Å²) in [7, 11) is 0. The number of aliphatic hydroxyl groups excluding tert-OH is 2. The maximum atomic E-state index is 11.8. The lowest BCUT2D eigenvalue weighted by Crippen LogP contribution is -2.45. The zero-order valence-corrected chi connectivity index (χ0v) is 19.5. The Hall–Kier alpha value is -1.39. The third-order valence-electron chi connectivity index (χ3n) is 5.10. The van der Waals surface area contributed by atoms with E-state index in [4.69, 9.17) is 0 Å². The van der Waals surface area contributed by atoms with Gasteiger partial charge < -0.3 is 15.5 Å². The van der Waals surface area contributed by atoms with Crippen molar-refractivity contribution in [1.29, 1.82) is 0 Å². The van der Waals surface area contributed by atoms with Crippen LogP contribution in [0, 0.1) is 0 Å². The minimum atomic E-state index is -0.860. The van der Waals surface area contributed by atoms with Gasteiger partial charge in [-0.1, -0.05) is 88.8 Å². The lowest BCUT2D eigenvalue weighted by Gasteiger charge is -2.19. The highest BCUT2D eigenvalue weighted by atomic mass is 16.3. The van der Waals surface area contributed by atoms with Crippen LogP contribution in [0.3, 0.4) is 0 Å². The van der Waals surface area contributed by atoms with Gasteiger partial charge >= 0.3 is 0 Å². The molecule has 0 aromatic heterocycles. The van der Waals surface area contributed by atoms with Crippen LogP contribution in [0.25, 0.3) is 0 Å². The van der Waals surface area contributed by atoms with Crippen molar-refractivity contribution in [1.82, 2.24) is 5.32 Å². The van der Waals surface area contributed by atoms with E-state index in [1.165, 1.54) is 38.5 Å². The summed E-state index contributed by atoms with van der Waals surface area (Å²) >= 11 is 0. The monoisotopic (exact) mass is 421 g/mol. The number of hydrogen-bond acceptors (Lipinski definition) is 3. The molecule has 0 saturated carbocycles. The Kier molecular flexibility index (Phi) is 21.3. The number of carbonyl (C=O) groups excluding carboxylic acids is 1. The first-order valence-electron chi connectivity index (χ1n) is 12.2. The molecule has 0 heterocycles. The van der Waals surface area contributed by atoms with Gasteiger partial charge in [0.1, 0.15) is 0 Å². The van der Waals surface area contributed by atoms with Gasteiger partial charge in [0.25, 0.3) is 0 Å². The molecule has 4 nitrogen and oxygen atoms in total. The number of hydrogen-bond donors (Lipinski definition) is 3. The minimum absolute atomic E-state index is 0.108. The number of nitrogens with one attached hydrogen (secondary N) is 1. The number of unbranched alkanes of at least 4 members (excludes halogenated alkanes) is 9. The Morgan fingerprint density at radius 1 is 0.767 bits per heavy atom. The van der Waals surface area contributed by atoms with Crippen molar-refractivity contribution in [3.63, 3.8) is 0 Å². The molecule has 174 valence electrons. The first-order chi connectivity index (χ1) is 14.7. The fourth-order valence-corrected chi connectivity index (χ4v) is 3.15. The summed E-state index contributed by atoms with van der Waals surface area (Å²) in [6, 6.07) is -0.635. The summed E-state index contributed by atoms with van der Waals surface area (Å²) in [6.07, 6.45) is 26.9. The second-order valence-electron chi connectivity index (χ2n) is 8.03. The van der Waals surface area contributed by atoms with E-state index in [9.17, 15) is 15.0 Å². The molecule has 30 heavy (non-hydrogen) atoms. The second-order valence-corrected chi connectivity index (χ2v) is 8.03. The van der Waals surface area contributed by atoms with E-state index >= 15 is 0 Å². The van der Waals surface area contributed by atoms with Crippen molar-refractivity contribution < 1.29 is 15.0 Å². The molecule has 0 aliphatic carbocycles. The van der Waals surface area contributed by atoms with Gasteiger partial charge in [-0.05, 0) is 44.9 Å². The van der Waals surface area contributed by atoms with Gasteiger partial charge in [0, 0.05) is 6.42 Å². The molecule has 4 heteroatoms.